The van der Waals surface area contributed by atoms with Crippen LogP contribution >= 0.6 is 0 Å². The highest BCUT2D eigenvalue weighted by Crippen LogP contribution is 2.64. The fourth-order valence-electron chi connectivity index (χ4n) is 3.05. The number of hydrogen-bond donors (Lipinski definition) is 0. The van der Waals surface area contributed by atoms with Crippen molar-refractivity contribution in [3.8, 4) is 0 Å². The van der Waals surface area contributed by atoms with Gasteiger partial charge >= 0.3 is 0 Å². The van der Waals surface area contributed by atoms with Crippen molar-refractivity contribution in [1.82, 2.24) is 0 Å². The number of azide groups is 2. The van der Waals surface area contributed by atoms with Crippen LogP contribution in [0.3, 0.4) is 0 Å². The molecule has 0 aliphatic heterocycles. The Bertz CT molecular complexity index is 353. The third kappa shape index (κ3) is 0.983. The molecular formula is C8H12N6. The maximum atomic E-state index is 8.52. The zero-order chi connectivity index (χ0) is 10.3. The van der Waals surface area contributed by atoms with E-state index in [-0.39, 0.29) is 6.04 Å². The van der Waals surface area contributed by atoms with Crippen molar-refractivity contribution in [3.05, 3.63) is 20.9 Å². The van der Waals surface area contributed by atoms with Gasteiger partial charge in [0.05, 0.1) is 5.54 Å². The van der Waals surface area contributed by atoms with E-state index >= 15 is 0 Å². The van der Waals surface area contributed by atoms with Crippen molar-refractivity contribution < 1.29 is 0 Å². The molecule has 2 aliphatic rings. The summed E-state index contributed by atoms with van der Waals surface area (Å²) in [6, 6.07) is -0.158. The third-order valence-corrected chi connectivity index (χ3v) is 3.86. The van der Waals surface area contributed by atoms with E-state index in [1.807, 2.05) is 6.92 Å². The minimum Gasteiger partial charge on any atom is -0.0899 e. The van der Waals surface area contributed by atoms with Crippen LogP contribution in [0.4, 0.5) is 0 Å². The van der Waals surface area contributed by atoms with Crippen molar-refractivity contribution in [2.45, 2.75) is 31.8 Å². The van der Waals surface area contributed by atoms with Gasteiger partial charge in [0.25, 0.3) is 0 Å². The predicted octanol–water partition coefficient (Wildman–Crippen LogP) is 3.02. The molecule has 5 unspecified atom stereocenters. The van der Waals surface area contributed by atoms with Crippen molar-refractivity contribution in [1.29, 1.82) is 0 Å². The van der Waals surface area contributed by atoms with Crippen molar-refractivity contribution in [3.63, 3.8) is 0 Å². The Hall–Kier alpha value is -1.38. The Morgan fingerprint density at radius 3 is 2.64 bits per heavy atom. The monoisotopic (exact) mass is 192 g/mol. The second kappa shape index (κ2) is 2.80. The van der Waals surface area contributed by atoms with E-state index in [9.17, 15) is 0 Å². The van der Waals surface area contributed by atoms with Gasteiger partial charge in [0.2, 0.25) is 0 Å². The molecule has 2 saturated carbocycles. The number of rotatable bonds is 2. The van der Waals surface area contributed by atoms with Crippen LogP contribution in [-0.2, 0) is 0 Å². The lowest BCUT2D eigenvalue weighted by Crippen LogP contribution is -2.35. The lowest BCUT2D eigenvalue weighted by molar-refractivity contribution is 0.346. The van der Waals surface area contributed by atoms with E-state index in [2.05, 4.69) is 27.0 Å². The van der Waals surface area contributed by atoms with Crippen molar-refractivity contribution in [2.75, 3.05) is 0 Å². The molecule has 0 amide bonds. The fourth-order valence-corrected chi connectivity index (χ4v) is 3.05. The Balaban J connectivity index is 2.32. The predicted molar refractivity (Wildman–Crippen MR) is 51.2 cm³/mol. The second-order valence-corrected chi connectivity index (χ2v) is 4.42. The van der Waals surface area contributed by atoms with Crippen LogP contribution in [0.5, 0.6) is 0 Å². The molecule has 2 aliphatic carbocycles. The van der Waals surface area contributed by atoms with Gasteiger partial charge in [-0.2, -0.15) is 0 Å². The van der Waals surface area contributed by atoms with Crippen molar-refractivity contribution in [2.24, 2.45) is 28.0 Å². The van der Waals surface area contributed by atoms with Crippen LogP contribution in [-0.4, -0.2) is 11.6 Å². The van der Waals surface area contributed by atoms with Gasteiger partial charge in [-0.15, -0.1) is 0 Å². The molecule has 0 bridgehead atoms. The smallest absolute Gasteiger partial charge is 0.0577 e. The third-order valence-electron chi connectivity index (χ3n) is 3.86. The van der Waals surface area contributed by atoms with Gasteiger partial charge in [-0.1, -0.05) is 24.1 Å². The fraction of sp³-hybridized carbons (Fsp3) is 1.00. The zero-order valence-corrected chi connectivity index (χ0v) is 8.20. The first-order valence-corrected chi connectivity index (χ1v) is 4.75. The summed E-state index contributed by atoms with van der Waals surface area (Å²) >= 11 is 0. The van der Waals surface area contributed by atoms with Gasteiger partial charge < -0.3 is 0 Å². The molecule has 0 radical (unpaired) electrons. The molecule has 2 fully saturated rings. The second-order valence-electron chi connectivity index (χ2n) is 4.42. The number of nitrogens with zero attached hydrogens (tertiary/aromatic N) is 6. The summed E-state index contributed by atoms with van der Waals surface area (Å²) in [6.45, 7) is 4.06. The highest BCUT2D eigenvalue weighted by atomic mass is 15.3. The van der Waals surface area contributed by atoms with E-state index in [1.165, 1.54) is 0 Å². The number of hydrogen-bond acceptors (Lipinski definition) is 2. The lowest BCUT2D eigenvalue weighted by Gasteiger charge is -2.26. The van der Waals surface area contributed by atoms with Gasteiger partial charge in [-0.25, -0.2) is 0 Å². The summed E-state index contributed by atoms with van der Waals surface area (Å²) < 4.78 is 0. The topological polar surface area (TPSA) is 97.5 Å². The van der Waals surface area contributed by atoms with Crippen molar-refractivity contribution >= 4 is 0 Å². The average molecular weight is 192 g/mol. The molecule has 0 aromatic heterocycles. The molecule has 2 rings (SSSR count). The SMILES string of the molecule is CC1C2CC(N=[N+]=[N-])C(C)(N=[N+]=[N-])C12. The Labute approximate surface area is 81.5 Å². The molecule has 0 N–H and O–H groups in total. The van der Waals surface area contributed by atoms with Gasteiger partial charge in [0.15, 0.2) is 0 Å². The molecule has 5 atom stereocenters. The molecule has 0 spiro atoms. The standard InChI is InChI=1S/C8H12N6/c1-4-5-3-6(11-13-9)8(2,7(4)5)12-14-10/h4-7H,3H2,1-2H3. The Morgan fingerprint density at radius 1 is 1.36 bits per heavy atom. The van der Waals surface area contributed by atoms with Crippen LogP contribution in [0.1, 0.15) is 20.3 Å². The molecule has 0 aromatic rings. The highest BCUT2D eigenvalue weighted by molar-refractivity contribution is 5.20. The van der Waals surface area contributed by atoms with E-state index in [1.54, 1.807) is 0 Å². The first-order valence-electron chi connectivity index (χ1n) is 4.75. The van der Waals surface area contributed by atoms with Gasteiger partial charge in [0.1, 0.15) is 0 Å². The first-order chi connectivity index (χ1) is 6.65. The quantitative estimate of drug-likeness (QED) is 0.365. The van der Waals surface area contributed by atoms with Gasteiger partial charge in [-0.05, 0) is 35.2 Å². The maximum Gasteiger partial charge on any atom is 0.0577 e. The maximum absolute atomic E-state index is 8.52. The minimum atomic E-state index is -0.495. The summed E-state index contributed by atoms with van der Waals surface area (Å²) in [5, 5.41) is 7.57. The summed E-state index contributed by atoms with van der Waals surface area (Å²) in [6.07, 6.45) is 0.866. The van der Waals surface area contributed by atoms with Crippen LogP contribution in [0.25, 0.3) is 20.9 Å². The molecule has 74 valence electrons. The van der Waals surface area contributed by atoms with Crippen LogP contribution < -0.4 is 0 Å². The Morgan fingerprint density at radius 2 is 2.07 bits per heavy atom. The zero-order valence-electron chi connectivity index (χ0n) is 8.20. The van der Waals surface area contributed by atoms with E-state index < -0.39 is 5.54 Å². The molecule has 0 aromatic carbocycles. The number of fused-ring (bicyclic) bond motifs is 1. The largest absolute Gasteiger partial charge is 0.0899 e. The van der Waals surface area contributed by atoms with Gasteiger partial charge in [-0.3, -0.25) is 0 Å². The molecule has 14 heavy (non-hydrogen) atoms. The van der Waals surface area contributed by atoms with E-state index in [0.29, 0.717) is 17.8 Å². The average Bonchev–Trinajstić information content (AvgIpc) is 2.66. The summed E-state index contributed by atoms with van der Waals surface area (Å²) in [5.41, 5.74) is 16.4. The lowest BCUT2D eigenvalue weighted by atomic mass is 9.90. The normalized spacial score (nSPS) is 48.7. The van der Waals surface area contributed by atoms with Gasteiger partial charge in [0, 0.05) is 15.9 Å². The highest BCUT2D eigenvalue weighted by Gasteiger charge is 2.65. The van der Waals surface area contributed by atoms with Crippen LogP contribution in [0.2, 0.25) is 0 Å². The van der Waals surface area contributed by atoms with Crippen LogP contribution in [0, 0.1) is 17.8 Å². The summed E-state index contributed by atoms with van der Waals surface area (Å²) in [4.78, 5) is 5.69. The molecule has 0 heterocycles. The molecule has 6 nitrogen and oxygen atoms in total. The van der Waals surface area contributed by atoms with Crippen LogP contribution in [0.15, 0.2) is 10.2 Å². The van der Waals surface area contributed by atoms with E-state index in [4.69, 9.17) is 11.1 Å². The minimum absolute atomic E-state index is 0.158. The first kappa shape index (κ1) is 9.19. The summed E-state index contributed by atoms with van der Waals surface area (Å²) in [5.74, 6) is 1.60. The molecule has 0 saturated heterocycles. The Kier molecular flexibility index (Phi) is 1.84. The summed E-state index contributed by atoms with van der Waals surface area (Å²) in [7, 11) is 0. The molecular weight excluding hydrogens is 180 g/mol. The van der Waals surface area contributed by atoms with E-state index in [0.717, 1.165) is 6.42 Å². The molecule has 6 heteroatoms.